The first-order chi connectivity index (χ1) is 13.3. The summed E-state index contributed by atoms with van der Waals surface area (Å²) in [6, 6.07) is 15.4. The van der Waals surface area contributed by atoms with Gasteiger partial charge in [-0.2, -0.15) is 0 Å². The molecule has 5 heteroatoms. The second-order valence-electron chi connectivity index (χ2n) is 8.87. The fourth-order valence-electron chi connectivity index (χ4n) is 4.82. The molecule has 1 heterocycles. The maximum atomic E-state index is 11.1. The molecule has 0 amide bonds. The molecule has 2 aromatic carbocycles. The van der Waals surface area contributed by atoms with E-state index < -0.39 is 5.97 Å². The number of hydrogen-bond acceptors (Lipinski definition) is 3. The Morgan fingerprint density at radius 3 is 2.54 bits per heavy atom. The Balaban J connectivity index is 1.74. The van der Waals surface area contributed by atoms with Crippen molar-refractivity contribution < 1.29 is 9.90 Å². The van der Waals surface area contributed by atoms with Crippen LogP contribution in [0.3, 0.4) is 0 Å². The molecule has 2 atom stereocenters. The Morgan fingerprint density at radius 1 is 1.14 bits per heavy atom. The number of anilines is 2. The minimum atomic E-state index is -0.919. The smallest absolute Gasteiger partial charge is 0.335 e. The summed E-state index contributed by atoms with van der Waals surface area (Å²) in [7, 11) is 0. The molecular weight excluding hydrogens is 350 g/mol. The van der Waals surface area contributed by atoms with E-state index in [1.54, 1.807) is 24.3 Å². The van der Waals surface area contributed by atoms with Crippen LogP contribution in [0.25, 0.3) is 11.0 Å². The highest BCUT2D eigenvalue weighted by Crippen LogP contribution is 2.45. The van der Waals surface area contributed by atoms with E-state index in [1.165, 1.54) is 6.42 Å². The van der Waals surface area contributed by atoms with Crippen molar-refractivity contribution in [1.82, 2.24) is 9.55 Å². The van der Waals surface area contributed by atoms with E-state index in [4.69, 9.17) is 10.1 Å². The van der Waals surface area contributed by atoms with E-state index in [9.17, 15) is 4.79 Å². The van der Waals surface area contributed by atoms with Gasteiger partial charge >= 0.3 is 5.97 Å². The highest BCUT2D eigenvalue weighted by atomic mass is 16.4. The second-order valence-corrected chi connectivity index (χ2v) is 8.87. The third-order valence-corrected chi connectivity index (χ3v) is 5.71. The molecule has 0 spiro atoms. The van der Waals surface area contributed by atoms with E-state index >= 15 is 0 Å². The Bertz CT molecular complexity index is 1000. The lowest BCUT2D eigenvalue weighted by Gasteiger charge is -2.40. The molecule has 1 fully saturated rings. The molecule has 0 aliphatic heterocycles. The molecule has 2 N–H and O–H groups in total. The number of carbonyl (C=O) groups is 1. The van der Waals surface area contributed by atoms with E-state index in [0.29, 0.717) is 17.4 Å². The zero-order valence-electron chi connectivity index (χ0n) is 16.6. The van der Waals surface area contributed by atoms with Crippen LogP contribution in [0.2, 0.25) is 0 Å². The van der Waals surface area contributed by atoms with Gasteiger partial charge in [-0.1, -0.05) is 32.9 Å². The highest BCUT2D eigenvalue weighted by molar-refractivity contribution is 5.88. The Kier molecular flexibility index (Phi) is 4.61. The quantitative estimate of drug-likeness (QED) is 0.597. The van der Waals surface area contributed by atoms with Gasteiger partial charge in [-0.05, 0) is 67.0 Å². The van der Waals surface area contributed by atoms with Crippen molar-refractivity contribution in [2.75, 3.05) is 5.32 Å². The number of nitrogens with one attached hydrogen (secondary N) is 1. The third-order valence-electron chi connectivity index (χ3n) is 5.71. The second kappa shape index (κ2) is 6.97. The van der Waals surface area contributed by atoms with Crippen LogP contribution in [-0.2, 0) is 0 Å². The maximum Gasteiger partial charge on any atom is 0.335 e. The van der Waals surface area contributed by atoms with Crippen LogP contribution < -0.4 is 5.32 Å². The van der Waals surface area contributed by atoms with Gasteiger partial charge in [0.05, 0.1) is 16.6 Å². The topological polar surface area (TPSA) is 67.2 Å². The van der Waals surface area contributed by atoms with E-state index in [0.717, 1.165) is 35.5 Å². The van der Waals surface area contributed by atoms with Crippen LogP contribution in [-0.4, -0.2) is 20.6 Å². The largest absolute Gasteiger partial charge is 0.478 e. The molecule has 1 aromatic heterocycles. The van der Waals surface area contributed by atoms with Crippen LogP contribution in [0.4, 0.5) is 11.6 Å². The summed E-state index contributed by atoms with van der Waals surface area (Å²) < 4.78 is 2.35. The van der Waals surface area contributed by atoms with Gasteiger partial charge in [0.25, 0.3) is 0 Å². The van der Waals surface area contributed by atoms with Crippen LogP contribution in [0.15, 0.2) is 48.5 Å². The first-order valence-electron chi connectivity index (χ1n) is 9.90. The van der Waals surface area contributed by atoms with Crippen molar-refractivity contribution in [3.63, 3.8) is 0 Å². The molecule has 3 aromatic rings. The number of carboxylic acid groups (broad SMARTS) is 1. The SMILES string of the molecule is C[C@H]1C[C@@H](n2c(Nc3ccc(C(=O)O)cc3)nc3ccccc32)CC(C)(C)C1. The number of aromatic nitrogens is 2. The van der Waals surface area contributed by atoms with Crippen molar-refractivity contribution in [2.24, 2.45) is 11.3 Å². The third kappa shape index (κ3) is 3.61. The predicted molar refractivity (Wildman–Crippen MR) is 112 cm³/mol. The zero-order valence-corrected chi connectivity index (χ0v) is 16.6. The fourth-order valence-corrected chi connectivity index (χ4v) is 4.82. The molecule has 1 aliphatic carbocycles. The van der Waals surface area contributed by atoms with E-state index in [-0.39, 0.29) is 5.56 Å². The number of hydrogen-bond donors (Lipinski definition) is 2. The minimum Gasteiger partial charge on any atom is -0.478 e. The maximum absolute atomic E-state index is 11.1. The molecule has 5 nitrogen and oxygen atoms in total. The number of imidazole rings is 1. The van der Waals surface area contributed by atoms with Crippen molar-refractivity contribution in [3.8, 4) is 0 Å². The Labute approximate surface area is 165 Å². The number of nitrogens with zero attached hydrogens (tertiary/aromatic N) is 2. The number of aromatic carboxylic acids is 1. The standard InChI is InChI=1S/C23H27N3O2/c1-15-12-18(14-23(2,3)13-15)26-20-7-5-4-6-19(20)25-22(26)24-17-10-8-16(9-11-17)21(27)28/h4-11,15,18H,12-14H2,1-3H3,(H,24,25)(H,27,28)/t15-,18+/m0/s1. The van der Waals surface area contributed by atoms with Crippen molar-refractivity contribution >= 4 is 28.6 Å². The molecular formula is C23H27N3O2. The van der Waals surface area contributed by atoms with Gasteiger partial charge in [-0.3, -0.25) is 0 Å². The number of para-hydroxylation sites is 2. The van der Waals surface area contributed by atoms with Gasteiger partial charge in [-0.25, -0.2) is 9.78 Å². The van der Waals surface area contributed by atoms with Gasteiger partial charge in [0.15, 0.2) is 0 Å². The molecule has 1 saturated carbocycles. The summed E-state index contributed by atoms with van der Waals surface area (Å²) in [5, 5.41) is 12.5. The van der Waals surface area contributed by atoms with Gasteiger partial charge in [-0.15, -0.1) is 0 Å². The molecule has 0 saturated heterocycles. The lowest BCUT2D eigenvalue weighted by Crippen LogP contribution is -2.29. The Hall–Kier alpha value is -2.82. The summed E-state index contributed by atoms with van der Waals surface area (Å²) in [5.41, 5.74) is 3.53. The lowest BCUT2D eigenvalue weighted by molar-refractivity contribution is 0.0697. The molecule has 28 heavy (non-hydrogen) atoms. The first-order valence-corrected chi connectivity index (χ1v) is 9.90. The van der Waals surface area contributed by atoms with Crippen LogP contribution >= 0.6 is 0 Å². The number of carboxylic acids is 1. The molecule has 0 unspecified atom stereocenters. The average molecular weight is 377 g/mol. The normalized spacial score (nSPS) is 21.5. The predicted octanol–water partition coefficient (Wildman–Crippen LogP) is 5.87. The molecule has 1 aliphatic rings. The number of rotatable bonds is 4. The van der Waals surface area contributed by atoms with Gasteiger partial charge in [0.1, 0.15) is 0 Å². The summed E-state index contributed by atoms with van der Waals surface area (Å²) in [4.78, 5) is 16.0. The molecule has 0 radical (unpaired) electrons. The summed E-state index contributed by atoms with van der Waals surface area (Å²) in [5.74, 6) is 0.564. The Morgan fingerprint density at radius 2 is 1.86 bits per heavy atom. The fraction of sp³-hybridized carbons (Fsp3) is 0.391. The zero-order chi connectivity index (χ0) is 19.9. The van der Waals surface area contributed by atoms with Gasteiger partial charge in [0, 0.05) is 11.7 Å². The van der Waals surface area contributed by atoms with Crippen LogP contribution in [0.1, 0.15) is 56.4 Å². The van der Waals surface area contributed by atoms with E-state index in [1.807, 2.05) is 12.1 Å². The first kappa shape index (κ1) is 18.5. The number of fused-ring (bicyclic) bond motifs is 1. The van der Waals surface area contributed by atoms with E-state index in [2.05, 4.69) is 42.8 Å². The molecule has 146 valence electrons. The van der Waals surface area contributed by atoms with Crippen LogP contribution in [0, 0.1) is 11.3 Å². The van der Waals surface area contributed by atoms with Crippen LogP contribution in [0.5, 0.6) is 0 Å². The summed E-state index contributed by atoms with van der Waals surface area (Å²) in [6.45, 7) is 7.05. The minimum absolute atomic E-state index is 0.280. The summed E-state index contributed by atoms with van der Waals surface area (Å²) in [6.07, 6.45) is 3.50. The van der Waals surface area contributed by atoms with Crippen molar-refractivity contribution in [1.29, 1.82) is 0 Å². The van der Waals surface area contributed by atoms with Crippen molar-refractivity contribution in [2.45, 2.75) is 46.1 Å². The number of benzene rings is 2. The summed E-state index contributed by atoms with van der Waals surface area (Å²) >= 11 is 0. The molecule has 4 rings (SSSR count). The average Bonchev–Trinajstić information content (AvgIpc) is 2.98. The van der Waals surface area contributed by atoms with Gasteiger partial charge < -0.3 is 15.0 Å². The molecule has 0 bridgehead atoms. The van der Waals surface area contributed by atoms with Crippen molar-refractivity contribution in [3.05, 3.63) is 54.1 Å². The lowest BCUT2D eigenvalue weighted by atomic mass is 9.70. The highest BCUT2D eigenvalue weighted by Gasteiger charge is 2.34. The van der Waals surface area contributed by atoms with Gasteiger partial charge in [0.2, 0.25) is 5.95 Å². The monoisotopic (exact) mass is 377 g/mol.